The molecule has 0 radical (unpaired) electrons. The van der Waals surface area contributed by atoms with Crippen molar-refractivity contribution in [3.05, 3.63) is 111 Å². The molecule has 0 N–H and O–H groups in total. The first kappa shape index (κ1) is 26.3. The Labute approximate surface area is 225 Å². The quantitative estimate of drug-likeness (QED) is 0.400. The van der Waals surface area contributed by atoms with Crippen molar-refractivity contribution >= 4 is 36.8 Å². The normalized spacial score (nSPS) is 19.3. The fourth-order valence-electron chi connectivity index (χ4n) is 4.52. The average Bonchev–Trinajstić information content (AvgIpc) is 3.25. The molecule has 0 saturated carbocycles. The zero-order chi connectivity index (χ0) is 27.9. The molecule has 39 heavy (non-hydrogen) atoms. The maximum atomic E-state index is 13.1. The van der Waals surface area contributed by atoms with E-state index < -0.39 is 36.1 Å². The van der Waals surface area contributed by atoms with E-state index in [2.05, 4.69) is 0 Å². The van der Waals surface area contributed by atoms with Crippen LogP contribution < -0.4 is 9.47 Å². The Kier molecular flexibility index (Phi) is 6.61. The van der Waals surface area contributed by atoms with E-state index in [4.69, 9.17) is 9.47 Å². The van der Waals surface area contributed by atoms with Crippen LogP contribution in [0.5, 0.6) is 11.5 Å². The second kappa shape index (κ2) is 9.79. The summed E-state index contributed by atoms with van der Waals surface area (Å²) in [7, 11) is -5.28. The fraction of sp³-hybridized carbons (Fsp3) is 0.103. The van der Waals surface area contributed by atoms with E-state index >= 15 is 0 Å². The topological polar surface area (TPSA) is 121 Å². The van der Waals surface area contributed by atoms with Crippen LogP contribution in [0.15, 0.2) is 105 Å². The summed E-state index contributed by atoms with van der Waals surface area (Å²) in [6, 6.07) is 17.2. The molecule has 0 amide bonds. The molecule has 2 aliphatic rings. The molecule has 198 valence electrons. The van der Waals surface area contributed by atoms with Crippen molar-refractivity contribution < 1.29 is 35.9 Å². The minimum absolute atomic E-state index is 0.0196. The molecule has 0 unspecified atom stereocenters. The zero-order valence-corrected chi connectivity index (χ0v) is 22.5. The molecule has 0 saturated heterocycles. The number of ether oxygens (including phenoxy) is 2. The van der Waals surface area contributed by atoms with E-state index in [1.165, 1.54) is 68.8 Å². The van der Waals surface area contributed by atoms with Crippen molar-refractivity contribution in [2.75, 3.05) is 14.2 Å². The molecule has 10 heteroatoms. The first-order valence-electron chi connectivity index (χ1n) is 11.7. The smallest absolute Gasteiger partial charge is 0.211 e. The first-order valence-corrected chi connectivity index (χ1v) is 14.7. The number of hydrogen-bond donors (Lipinski definition) is 0. The number of ketones is 2. The van der Waals surface area contributed by atoms with E-state index in [9.17, 15) is 26.4 Å². The van der Waals surface area contributed by atoms with Gasteiger partial charge in [0.1, 0.15) is 21.3 Å². The summed E-state index contributed by atoms with van der Waals surface area (Å²) in [5.74, 6) is -0.598. The number of Topliss-reactive ketones (excluding diaryl/α,β-unsaturated/α-hetero) is 2. The molecule has 8 nitrogen and oxygen atoms in total. The summed E-state index contributed by atoms with van der Waals surface area (Å²) in [6.07, 6.45) is 3.97. The monoisotopic (exact) mass is 562 g/mol. The molecule has 3 aromatic carbocycles. The molecule has 0 aliphatic carbocycles. The lowest BCUT2D eigenvalue weighted by molar-refractivity contribution is 0.103. The Balaban J connectivity index is 1.56. The molecule has 0 bridgehead atoms. The van der Waals surface area contributed by atoms with Gasteiger partial charge in [0.05, 0.1) is 24.0 Å². The number of carbonyl (C=O) groups excluding carboxylic acids is 2. The summed E-state index contributed by atoms with van der Waals surface area (Å²) in [6.45, 7) is 0. The van der Waals surface area contributed by atoms with Crippen LogP contribution in [0.2, 0.25) is 0 Å². The van der Waals surface area contributed by atoms with E-state index in [1.54, 1.807) is 30.3 Å². The highest BCUT2D eigenvalue weighted by Gasteiger charge is 2.40. The van der Waals surface area contributed by atoms with Gasteiger partial charge < -0.3 is 9.47 Å². The van der Waals surface area contributed by atoms with Gasteiger partial charge in [0.15, 0.2) is 0 Å². The number of rotatable bonds is 6. The van der Waals surface area contributed by atoms with Gasteiger partial charge in [-0.2, -0.15) is 0 Å². The maximum Gasteiger partial charge on any atom is 0.211 e. The van der Waals surface area contributed by atoms with Gasteiger partial charge in [-0.1, -0.05) is 42.5 Å². The predicted molar refractivity (Wildman–Crippen MR) is 144 cm³/mol. The van der Waals surface area contributed by atoms with Crippen molar-refractivity contribution in [3.8, 4) is 11.5 Å². The third kappa shape index (κ3) is 4.41. The minimum atomic E-state index is -4.07. The molecule has 2 heterocycles. The lowest BCUT2D eigenvalue weighted by Crippen LogP contribution is -2.03. The third-order valence-corrected chi connectivity index (χ3v) is 10.3. The van der Waals surface area contributed by atoms with E-state index in [1.807, 2.05) is 0 Å². The maximum absolute atomic E-state index is 13.1. The molecular formula is C29H22O8S2. The van der Waals surface area contributed by atoms with Crippen molar-refractivity contribution in [2.45, 2.75) is 16.2 Å². The first-order chi connectivity index (χ1) is 18.6. The van der Waals surface area contributed by atoms with Crippen LogP contribution in [-0.2, 0) is 19.7 Å². The SMILES string of the molecule is COc1ccc2c(c1)C(=O)C(=CC=C(CC=C1C(=O)c3cc(OC)ccc3S1(=O)=O)c1ccccc1)S2(=O)=O. The summed E-state index contributed by atoms with van der Waals surface area (Å²) < 4.78 is 62.7. The van der Waals surface area contributed by atoms with Crippen LogP contribution in [0.25, 0.3) is 5.57 Å². The largest absolute Gasteiger partial charge is 0.497 e. The Morgan fingerprint density at radius 1 is 0.718 bits per heavy atom. The van der Waals surface area contributed by atoms with Crippen LogP contribution in [0.1, 0.15) is 32.7 Å². The van der Waals surface area contributed by atoms with Gasteiger partial charge in [-0.15, -0.1) is 0 Å². The number of allylic oxidation sites excluding steroid dienone is 6. The number of methoxy groups -OCH3 is 2. The highest BCUT2D eigenvalue weighted by Crippen LogP contribution is 2.38. The number of benzene rings is 3. The van der Waals surface area contributed by atoms with Crippen LogP contribution in [-0.4, -0.2) is 42.6 Å². The average molecular weight is 563 g/mol. The van der Waals surface area contributed by atoms with E-state index in [0.29, 0.717) is 22.6 Å². The minimum Gasteiger partial charge on any atom is -0.497 e. The van der Waals surface area contributed by atoms with Gasteiger partial charge in [-0.3, -0.25) is 9.59 Å². The van der Waals surface area contributed by atoms with Gasteiger partial charge in [0.2, 0.25) is 31.2 Å². The lowest BCUT2D eigenvalue weighted by Gasteiger charge is -2.06. The Morgan fingerprint density at radius 3 is 1.77 bits per heavy atom. The molecule has 3 aromatic rings. The molecular weight excluding hydrogens is 540 g/mol. The summed E-state index contributed by atoms with van der Waals surface area (Å²) >= 11 is 0. The second-order valence-corrected chi connectivity index (χ2v) is 12.5. The predicted octanol–water partition coefficient (Wildman–Crippen LogP) is 4.59. The Morgan fingerprint density at radius 2 is 1.23 bits per heavy atom. The van der Waals surface area contributed by atoms with E-state index in [0.717, 1.165) is 0 Å². The van der Waals surface area contributed by atoms with E-state index in [-0.39, 0.29) is 32.2 Å². The zero-order valence-electron chi connectivity index (χ0n) is 20.9. The molecule has 5 rings (SSSR count). The Hall–Kier alpha value is -4.28. The van der Waals surface area contributed by atoms with Gasteiger partial charge in [0, 0.05) is 11.1 Å². The number of sulfone groups is 2. The highest BCUT2D eigenvalue weighted by molar-refractivity contribution is 7.97. The fourth-order valence-corrected chi connectivity index (χ4v) is 7.63. The number of hydrogen-bond acceptors (Lipinski definition) is 8. The van der Waals surface area contributed by atoms with Crippen molar-refractivity contribution in [3.63, 3.8) is 0 Å². The van der Waals surface area contributed by atoms with Crippen LogP contribution in [0.4, 0.5) is 0 Å². The molecule has 0 fully saturated rings. The van der Waals surface area contributed by atoms with Crippen LogP contribution in [0, 0.1) is 0 Å². The summed E-state index contributed by atoms with van der Waals surface area (Å²) in [5, 5.41) is 0. The standard InChI is InChI=1S/C29H22O8S2/c1-36-20-10-14-24-22(16-20)28(30)26(38(24,32)33)12-8-19(18-6-4-3-5-7-18)9-13-27-29(31)23-17-21(37-2)11-15-25(23)39(27,34)35/h3-8,10-17H,9H2,1-2H3. The van der Waals surface area contributed by atoms with Crippen molar-refractivity contribution in [1.29, 1.82) is 0 Å². The highest BCUT2D eigenvalue weighted by atomic mass is 32.2. The van der Waals surface area contributed by atoms with Crippen molar-refractivity contribution in [2.24, 2.45) is 0 Å². The number of carbonyl (C=O) groups is 2. The molecule has 0 spiro atoms. The number of fused-ring (bicyclic) bond motifs is 2. The third-order valence-electron chi connectivity index (χ3n) is 6.56. The molecule has 2 aliphatic heterocycles. The van der Waals surface area contributed by atoms with Gasteiger partial charge >= 0.3 is 0 Å². The second-order valence-electron chi connectivity index (χ2n) is 8.75. The van der Waals surface area contributed by atoms with Gasteiger partial charge in [0.25, 0.3) is 0 Å². The Bertz CT molecular complexity index is 1850. The summed E-state index contributed by atoms with van der Waals surface area (Å²) in [5.41, 5.74) is 1.22. The van der Waals surface area contributed by atoms with Crippen LogP contribution >= 0.6 is 0 Å². The van der Waals surface area contributed by atoms with Gasteiger partial charge in [-0.25, -0.2) is 16.8 Å². The molecule has 0 aromatic heterocycles. The van der Waals surface area contributed by atoms with Crippen molar-refractivity contribution in [1.82, 2.24) is 0 Å². The molecule has 0 atom stereocenters. The van der Waals surface area contributed by atoms with Crippen LogP contribution in [0.3, 0.4) is 0 Å². The summed E-state index contributed by atoms with van der Waals surface area (Å²) in [4.78, 5) is 25.1. The lowest BCUT2D eigenvalue weighted by atomic mass is 10.0. The van der Waals surface area contributed by atoms with Gasteiger partial charge in [-0.05, 0) is 60.0 Å².